The van der Waals surface area contributed by atoms with E-state index < -0.39 is 0 Å². The molecule has 0 bridgehead atoms. The number of ether oxygens (including phenoxy) is 1. The Morgan fingerprint density at radius 1 is 0.457 bits per heavy atom. The van der Waals surface area contributed by atoms with Crippen LogP contribution in [-0.2, 0) is 4.74 Å². The topological polar surface area (TPSA) is 61.3 Å². The van der Waals surface area contributed by atoms with Crippen LogP contribution >= 0.6 is 0 Å². The Morgan fingerprint density at radius 3 is 1.29 bits per heavy atom. The fourth-order valence-electron chi connectivity index (χ4n) is 5.28. The second-order valence-electron chi connectivity index (χ2n) is 11.3. The third-order valence-electron chi connectivity index (χ3n) is 7.81. The summed E-state index contributed by atoms with van der Waals surface area (Å²) in [6, 6.07) is 0.244. The molecule has 0 aliphatic rings. The zero-order valence-electron chi connectivity index (χ0n) is 24.5. The van der Waals surface area contributed by atoms with Gasteiger partial charge in [0.1, 0.15) is 0 Å². The van der Waals surface area contributed by atoms with Crippen molar-refractivity contribution in [1.82, 2.24) is 0 Å². The lowest BCUT2D eigenvalue weighted by molar-refractivity contribution is 0.110. The summed E-state index contributed by atoms with van der Waals surface area (Å²) in [4.78, 5) is 0. The minimum Gasteiger partial charge on any atom is -0.381 e. The molecule has 0 saturated heterocycles. The van der Waals surface area contributed by atoms with Gasteiger partial charge in [-0.05, 0) is 38.1 Å². The minimum absolute atomic E-state index is 0.244. The van der Waals surface area contributed by atoms with E-state index in [4.69, 9.17) is 16.2 Å². The zero-order valence-corrected chi connectivity index (χ0v) is 24.5. The quantitative estimate of drug-likeness (QED) is 0.0972. The number of nitrogens with two attached hydrogens (primary N) is 2. The first-order valence-electron chi connectivity index (χ1n) is 16.3. The molecule has 212 valence electrons. The molecule has 2 atom stereocenters. The molecule has 0 aromatic heterocycles. The Balaban J connectivity index is 3.61. The second-order valence-corrected chi connectivity index (χ2v) is 11.3. The van der Waals surface area contributed by atoms with Crippen molar-refractivity contribution in [2.75, 3.05) is 19.8 Å². The van der Waals surface area contributed by atoms with E-state index in [1.165, 1.54) is 148 Å². The van der Waals surface area contributed by atoms with Crippen LogP contribution in [0.5, 0.6) is 0 Å². The molecule has 0 spiro atoms. The largest absolute Gasteiger partial charge is 0.381 e. The van der Waals surface area contributed by atoms with E-state index in [1.54, 1.807) is 0 Å². The molecule has 0 amide bonds. The molecule has 0 aliphatic carbocycles. The molecule has 3 nitrogen and oxygen atoms in total. The van der Waals surface area contributed by atoms with Crippen LogP contribution in [0.3, 0.4) is 0 Å². The predicted molar refractivity (Wildman–Crippen MR) is 158 cm³/mol. The molecule has 35 heavy (non-hydrogen) atoms. The first-order valence-corrected chi connectivity index (χ1v) is 16.3. The normalized spacial score (nSPS) is 13.4. The first-order chi connectivity index (χ1) is 17.3. The van der Waals surface area contributed by atoms with E-state index in [-0.39, 0.29) is 6.04 Å². The Hall–Kier alpha value is -0.120. The second kappa shape index (κ2) is 30.1. The van der Waals surface area contributed by atoms with Crippen LogP contribution in [0.1, 0.15) is 174 Å². The molecule has 0 heterocycles. The van der Waals surface area contributed by atoms with Crippen LogP contribution < -0.4 is 11.5 Å². The third kappa shape index (κ3) is 26.7. The van der Waals surface area contributed by atoms with Crippen LogP contribution in [0, 0.1) is 5.92 Å². The van der Waals surface area contributed by atoms with Gasteiger partial charge in [-0.3, -0.25) is 0 Å². The van der Waals surface area contributed by atoms with Crippen molar-refractivity contribution in [2.24, 2.45) is 17.4 Å². The lowest BCUT2D eigenvalue weighted by Gasteiger charge is -2.23. The molecular formula is C32H68N2O. The Bertz CT molecular complexity index is 377. The van der Waals surface area contributed by atoms with E-state index >= 15 is 0 Å². The molecule has 2 unspecified atom stereocenters. The first kappa shape index (κ1) is 34.9. The van der Waals surface area contributed by atoms with Crippen molar-refractivity contribution in [3.8, 4) is 0 Å². The smallest absolute Gasteiger partial charge is 0.0469 e. The third-order valence-corrected chi connectivity index (χ3v) is 7.81. The van der Waals surface area contributed by atoms with E-state index in [0.29, 0.717) is 12.5 Å². The lowest BCUT2D eigenvalue weighted by atomic mass is 9.89. The van der Waals surface area contributed by atoms with Gasteiger partial charge < -0.3 is 16.2 Å². The SMILES string of the molecule is CCCCCCCCCCCCCCOCCC(CCCCCCCCCCCC)C(N)CCN. The number of hydrogen-bond donors (Lipinski definition) is 2. The average molecular weight is 497 g/mol. The van der Waals surface area contributed by atoms with E-state index in [0.717, 1.165) is 26.1 Å². The van der Waals surface area contributed by atoms with Gasteiger partial charge in [0.15, 0.2) is 0 Å². The fourth-order valence-corrected chi connectivity index (χ4v) is 5.28. The van der Waals surface area contributed by atoms with Gasteiger partial charge in [-0.25, -0.2) is 0 Å². The fraction of sp³-hybridized carbons (Fsp3) is 1.00. The van der Waals surface area contributed by atoms with Crippen LogP contribution in [0.25, 0.3) is 0 Å². The van der Waals surface area contributed by atoms with Crippen molar-refractivity contribution in [1.29, 1.82) is 0 Å². The Kier molecular flexibility index (Phi) is 30.0. The van der Waals surface area contributed by atoms with Gasteiger partial charge in [-0.2, -0.15) is 0 Å². The highest BCUT2D eigenvalue weighted by Crippen LogP contribution is 2.20. The maximum absolute atomic E-state index is 6.47. The molecular weight excluding hydrogens is 428 g/mol. The van der Waals surface area contributed by atoms with Crippen LogP contribution in [-0.4, -0.2) is 25.8 Å². The monoisotopic (exact) mass is 497 g/mol. The summed E-state index contributed by atoms with van der Waals surface area (Å²) >= 11 is 0. The number of hydrogen-bond acceptors (Lipinski definition) is 3. The summed E-state index contributed by atoms with van der Waals surface area (Å²) in [6.07, 6.45) is 34.0. The van der Waals surface area contributed by atoms with Crippen molar-refractivity contribution < 1.29 is 4.74 Å². The van der Waals surface area contributed by atoms with Crippen LogP contribution in [0.2, 0.25) is 0 Å². The summed E-state index contributed by atoms with van der Waals surface area (Å²) in [6.45, 7) is 7.09. The van der Waals surface area contributed by atoms with Crippen LogP contribution in [0.15, 0.2) is 0 Å². The summed E-state index contributed by atoms with van der Waals surface area (Å²) < 4.78 is 6.00. The lowest BCUT2D eigenvalue weighted by Crippen LogP contribution is -2.33. The number of unbranched alkanes of at least 4 members (excludes halogenated alkanes) is 20. The summed E-state index contributed by atoms with van der Waals surface area (Å²) in [5, 5.41) is 0. The number of rotatable bonds is 30. The molecule has 4 N–H and O–H groups in total. The highest BCUT2D eigenvalue weighted by atomic mass is 16.5. The molecule has 0 aromatic rings. The highest BCUT2D eigenvalue weighted by Gasteiger charge is 2.16. The molecule has 0 radical (unpaired) electrons. The Labute approximate surface area is 222 Å². The Morgan fingerprint density at radius 2 is 0.857 bits per heavy atom. The standard InChI is InChI=1S/C32H68N2O/c1-3-5-7-9-11-13-15-16-18-20-22-24-29-35-30-27-31(32(34)26-28-33)25-23-21-19-17-14-12-10-8-6-4-2/h31-32H,3-30,33-34H2,1-2H3. The van der Waals surface area contributed by atoms with Gasteiger partial charge in [0, 0.05) is 19.3 Å². The molecule has 0 fully saturated rings. The van der Waals surface area contributed by atoms with Gasteiger partial charge >= 0.3 is 0 Å². The van der Waals surface area contributed by atoms with Gasteiger partial charge in [-0.1, -0.05) is 149 Å². The average Bonchev–Trinajstić information content (AvgIpc) is 2.86. The van der Waals surface area contributed by atoms with Gasteiger partial charge in [0.05, 0.1) is 0 Å². The molecule has 3 heteroatoms. The predicted octanol–water partition coefficient (Wildman–Crippen LogP) is 9.70. The van der Waals surface area contributed by atoms with Crippen LogP contribution in [0.4, 0.5) is 0 Å². The van der Waals surface area contributed by atoms with E-state index in [9.17, 15) is 0 Å². The molecule has 0 aliphatic heterocycles. The summed E-state index contributed by atoms with van der Waals surface area (Å²) in [5.41, 5.74) is 12.3. The minimum atomic E-state index is 0.244. The summed E-state index contributed by atoms with van der Waals surface area (Å²) in [7, 11) is 0. The molecule has 0 rings (SSSR count). The molecule has 0 aromatic carbocycles. The highest BCUT2D eigenvalue weighted by molar-refractivity contribution is 4.73. The van der Waals surface area contributed by atoms with Crippen molar-refractivity contribution in [3.63, 3.8) is 0 Å². The van der Waals surface area contributed by atoms with Crippen molar-refractivity contribution in [3.05, 3.63) is 0 Å². The van der Waals surface area contributed by atoms with Crippen molar-refractivity contribution >= 4 is 0 Å². The van der Waals surface area contributed by atoms with Gasteiger partial charge in [-0.15, -0.1) is 0 Å². The van der Waals surface area contributed by atoms with E-state index in [2.05, 4.69) is 13.8 Å². The van der Waals surface area contributed by atoms with Crippen molar-refractivity contribution in [2.45, 2.75) is 180 Å². The maximum atomic E-state index is 6.47. The summed E-state index contributed by atoms with van der Waals surface area (Å²) in [5.74, 6) is 0.578. The van der Waals surface area contributed by atoms with E-state index in [1.807, 2.05) is 0 Å². The van der Waals surface area contributed by atoms with Gasteiger partial charge in [0.25, 0.3) is 0 Å². The maximum Gasteiger partial charge on any atom is 0.0469 e. The molecule has 0 saturated carbocycles. The van der Waals surface area contributed by atoms with Gasteiger partial charge in [0.2, 0.25) is 0 Å². The zero-order chi connectivity index (χ0) is 25.7.